The molecule has 3 rings (SSSR count). The molecule has 0 aliphatic carbocycles. The van der Waals surface area contributed by atoms with E-state index in [9.17, 15) is 4.79 Å². The second kappa shape index (κ2) is 8.08. The summed E-state index contributed by atoms with van der Waals surface area (Å²) in [5.41, 5.74) is 6.02. The molecule has 28 heavy (non-hydrogen) atoms. The Hall–Kier alpha value is -3.41. The third-order valence-corrected chi connectivity index (χ3v) is 4.36. The first-order chi connectivity index (χ1) is 13.3. The first-order valence-corrected chi connectivity index (χ1v) is 9.10. The minimum Gasteiger partial charge on any atom is -0.378 e. The van der Waals surface area contributed by atoms with Crippen LogP contribution in [-0.4, -0.2) is 30.0 Å². The molecule has 2 N–H and O–H groups in total. The van der Waals surface area contributed by atoms with E-state index in [1.165, 1.54) is 5.56 Å². The Morgan fingerprint density at radius 1 is 0.929 bits per heavy atom. The molecule has 0 bridgehead atoms. The molecule has 6 heteroatoms. The van der Waals surface area contributed by atoms with Crippen molar-refractivity contribution in [1.29, 1.82) is 0 Å². The number of nitrogens with zero attached hydrogens (tertiary/aromatic N) is 3. The van der Waals surface area contributed by atoms with Gasteiger partial charge in [-0.3, -0.25) is 4.79 Å². The van der Waals surface area contributed by atoms with Gasteiger partial charge in [-0.2, -0.15) is 0 Å². The molecule has 0 radical (unpaired) electrons. The highest BCUT2D eigenvalue weighted by Gasteiger charge is 2.12. The molecule has 144 valence electrons. The molecule has 0 aliphatic heterocycles. The van der Waals surface area contributed by atoms with Crippen molar-refractivity contribution in [3.8, 4) is 0 Å². The highest BCUT2D eigenvalue weighted by molar-refractivity contribution is 6.03. The van der Waals surface area contributed by atoms with Crippen LogP contribution in [0.2, 0.25) is 0 Å². The van der Waals surface area contributed by atoms with Gasteiger partial charge in [0.2, 0.25) is 5.95 Å². The molecule has 1 amide bonds. The predicted molar refractivity (Wildman–Crippen MR) is 115 cm³/mol. The normalized spacial score (nSPS) is 10.5. The zero-order valence-corrected chi connectivity index (χ0v) is 16.9. The molecular weight excluding hydrogens is 350 g/mol. The smallest absolute Gasteiger partial charge is 0.274 e. The molecule has 2 aromatic carbocycles. The molecule has 0 saturated heterocycles. The Morgan fingerprint density at radius 3 is 2.29 bits per heavy atom. The maximum absolute atomic E-state index is 12.7. The van der Waals surface area contributed by atoms with Crippen LogP contribution in [0, 0.1) is 20.8 Å². The average Bonchev–Trinajstić information content (AvgIpc) is 2.64. The van der Waals surface area contributed by atoms with E-state index in [1.54, 1.807) is 6.07 Å². The molecule has 1 heterocycles. The maximum Gasteiger partial charge on any atom is 0.274 e. The summed E-state index contributed by atoms with van der Waals surface area (Å²) in [7, 11) is 3.95. The van der Waals surface area contributed by atoms with Crippen molar-refractivity contribution in [3.63, 3.8) is 0 Å². The summed E-state index contributed by atoms with van der Waals surface area (Å²) in [4.78, 5) is 23.5. The molecule has 1 aromatic heterocycles. The molecule has 3 aromatic rings. The van der Waals surface area contributed by atoms with Gasteiger partial charge in [0.25, 0.3) is 5.91 Å². The maximum atomic E-state index is 12.7. The second-order valence-corrected chi connectivity index (χ2v) is 7.06. The van der Waals surface area contributed by atoms with E-state index in [-0.39, 0.29) is 5.91 Å². The zero-order valence-electron chi connectivity index (χ0n) is 16.9. The van der Waals surface area contributed by atoms with Crippen molar-refractivity contribution in [3.05, 3.63) is 71.0 Å². The van der Waals surface area contributed by atoms with Gasteiger partial charge in [-0.1, -0.05) is 17.7 Å². The van der Waals surface area contributed by atoms with Crippen LogP contribution in [-0.2, 0) is 0 Å². The van der Waals surface area contributed by atoms with E-state index >= 15 is 0 Å². The van der Waals surface area contributed by atoms with Crippen LogP contribution in [0.25, 0.3) is 0 Å². The van der Waals surface area contributed by atoms with Crippen molar-refractivity contribution >= 4 is 28.9 Å². The van der Waals surface area contributed by atoms with Crippen LogP contribution in [0.4, 0.5) is 23.0 Å². The van der Waals surface area contributed by atoms with Crippen molar-refractivity contribution in [2.75, 3.05) is 29.6 Å². The van der Waals surface area contributed by atoms with Gasteiger partial charge >= 0.3 is 0 Å². The highest BCUT2D eigenvalue weighted by atomic mass is 16.1. The molecule has 0 atom stereocenters. The van der Waals surface area contributed by atoms with Gasteiger partial charge in [0.1, 0.15) is 5.69 Å². The number of aryl methyl sites for hydroxylation is 3. The summed E-state index contributed by atoms with van der Waals surface area (Å²) in [6, 6.07) is 15.4. The third-order valence-electron chi connectivity index (χ3n) is 4.36. The minimum atomic E-state index is -0.271. The van der Waals surface area contributed by atoms with Gasteiger partial charge in [-0.15, -0.1) is 0 Å². The van der Waals surface area contributed by atoms with Crippen LogP contribution < -0.4 is 15.5 Å². The fourth-order valence-corrected chi connectivity index (χ4v) is 2.85. The molecule has 0 unspecified atom stereocenters. The quantitative estimate of drug-likeness (QED) is 0.689. The second-order valence-electron chi connectivity index (χ2n) is 7.06. The SMILES string of the molecule is Cc1ccc(Nc2nc(C)cc(C(=O)Nc3ccc(N(C)C)cc3)n2)c(C)c1. The Kier molecular flexibility index (Phi) is 5.59. The van der Waals surface area contributed by atoms with E-state index in [0.717, 1.165) is 28.3 Å². The van der Waals surface area contributed by atoms with E-state index < -0.39 is 0 Å². The molecule has 0 aliphatic rings. The Balaban J connectivity index is 1.79. The number of rotatable bonds is 5. The number of carbonyl (C=O) groups excluding carboxylic acids is 1. The highest BCUT2D eigenvalue weighted by Crippen LogP contribution is 2.20. The van der Waals surface area contributed by atoms with Crippen molar-refractivity contribution in [2.24, 2.45) is 0 Å². The van der Waals surface area contributed by atoms with Gasteiger partial charge in [0.15, 0.2) is 0 Å². The van der Waals surface area contributed by atoms with Gasteiger partial charge in [0, 0.05) is 36.9 Å². The summed E-state index contributed by atoms with van der Waals surface area (Å²) in [6.07, 6.45) is 0. The van der Waals surface area contributed by atoms with Gasteiger partial charge in [-0.25, -0.2) is 9.97 Å². The molecular formula is C22H25N5O. The van der Waals surface area contributed by atoms with Gasteiger partial charge < -0.3 is 15.5 Å². The van der Waals surface area contributed by atoms with E-state index in [4.69, 9.17) is 0 Å². The lowest BCUT2D eigenvalue weighted by Gasteiger charge is -2.13. The van der Waals surface area contributed by atoms with Crippen molar-refractivity contribution in [2.45, 2.75) is 20.8 Å². The lowest BCUT2D eigenvalue weighted by atomic mass is 10.1. The molecule has 0 spiro atoms. The Labute approximate surface area is 165 Å². The summed E-state index contributed by atoms with van der Waals surface area (Å²) in [6.45, 7) is 5.92. The number of anilines is 4. The van der Waals surface area contributed by atoms with E-state index in [2.05, 4.69) is 26.7 Å². The number of amides is 1. The zero-order chi connectivity index (χ0) is 20.3. The number of benzene rings is 2. The number of aromatic nitrogens is 2. The average molecular weight is 375 g/mol. The van der Waals surface area contributed by atoms with Crippen LogP contribution in [0.3, 0.4) is 0 Å². The largest absolute Gasteiger partial charge is 0.378 e. The third kappa shape index (κ3) is 4.65. The van der Waals surface area contributed by atoms with Crippen LogP contribution in [0.15, 0.2) is 48.5 Å². The lowest BCUT2D eigenvalue weighted by Crippen LogP contribution is -2.16. The number of nitrogens with one attached hydrogen (secondary N) is 2. The van der Waals surface area contributed by atoms with Crippen molar-refractivity contribution in [1.82, 2.24) is 9.97 Å². The summed E-state index contributed by atoms with van der Waals surface area (Å²) in [5, 5.41) is 6.10. The molecule has 0 fully saturated rings. The van der Waals surface area contributed by atoms with Gasteiger partial charge in [0.05, 0.1) is 0 Å². The molecule has 6 nitrogen and oxygen atoms in total. The summed E-state index contributed by atoms with van der Waals surface area (Å²) >= 11 is 0. The first-order valence-electron chi connectivity index (χ1n) is 9.10. The molecule has 0 saturated carbocycles. The number of carbonyl (C=O) groups is 1. The van der Waals surface area contributed by atoms with Crippen LogP contribution >= 0.6 is 0 Å². The first kappa shape index (κ1) is 19.4. The summed E-state index contributed by atoms with van der Waals surface area (Å²) < 4.78 is 0. The summed E-state index contributed by atoms with van der Waals surface area (Å²) in [5.74, 6) is 0.131. The Bertz CT molecular complexity index is 996. The fourth-order valence-electron chi connectivity index (χ4n) is 2.85. The lowest BCUT2D eigenvalue weighted by molar-refractivity contribution is 0.102. The van der Waals surface area contributed by atoms with E-state index in [0.29, 0.717) is 11.6 Å². The minimum absolute atomic E-state index is 0.271. The number of hydrogen-bond donors (Lipinski definition) is 2. The predicted octanol–water partition coefficient (Wildman–Crippen LogP) is 4.46. The van der Waals surface area contributed by atoms with Gasteiger partial charge in [-0.05, 0) is 62.7 Å². The monoisotopic (exact) mass is 375 g/mol. The topological polar surface area (TPSA) is 70.2 Å². The standard InChI is InChI=1S/C22H25N5O/c1-14-6-11-19(15(2)12-14)25-22-23-16(3)13-20(26-22)21(28)24-17-7-9-18(10-8-17)27(4)5/h6-13H,1-5H3,(H,24,28)(H,23,25,26). The fraction of sp³-hybridized carbons (Fsp3) is 0.227. The van der Waals surface area contributed by atoms with Crippen LogP contribution in [0.5, 0.6) is 0 Å². The van der Waals surface area contributed by atoms with E-state index in [1.807, 2.05) is 76.2 Å². The Morgan fingerprint density at radius 2 is 1.64 bits per heavy atom. The van der Waals surface area contributed by atoms with Crippen LogP contribution in [0.1, 0.15) is 27.3 Å². The van der Waals surface area contributed by atoms with Crippen molar-refractivity contribution < 1.29 is 4.79 Å². The number of hydrogen-bond acceptors (Lipinski definition) is 5.